The SMILES string of the molecule is CC1(C)CCN(C(=O)c2cc(C3CC3)c(OCC34CC5CC(CC(C5)C3)C4)cc2F)[C@@H]1C(=O)O. The Morgan fingerprint density at radius 2 is 1.71 bits per heavy atom. The number of carbonyl (C=O) groups is 2. The number of benzene rings is 1. The zero-order valence-corrected chi connectivity index (χ0v) is 20.3. The molecule has 1 N–H and O–H groups in total. The number of carboxylic acids is 1. The Morgan fingerprint density at radius 3 is 2.26 bits per heavy atom. The number of carbonyl (C=O) groups excluding carboxylic acids is 1. The monoisotopic (exact) mass is 469 g/mol. The number of carboxylic acid groups (broad SMARTS) is 1. The highest BCUT2D eigenvalue weighted by Crippen LogP contribution is 2.60. The number of hydrogen-bond donors (Lipinski definition) is 1. The first-order chi connectivity index (χ1) is 16.1. The van der Waals surface area contributed by atoms with Crippen LogP contribution < -0.4 is 4.74 Å². The number of aliphatic carboxylic acids is 1. The highest BCUT2D eigenvalue weighted by atomic mass is 19.1. The summed E-state index contributed by atoms with van der Waals surface area (Å²) in [5.41, 5.74) is 0.585. The van der Waals surface area contributed by atoms with Gasteiger partial charge in [0.25, 0.3) is 5.91 Å². The van der Waals surface area contributed by atoms with Crippen molar-refractivity contribution in [2.45, 2.75) is 83.6 Å². The van der Waals surface area contributed by atoms with Gasteiger partial charge in [-0.1, -0.05) is 13.8 Å². The van der Waals surface area contributed by atoms with Crippen LogP contribution in [0, 0.1) is 34.4 Å². The van der Waals surface area contributed by atoms with E-state index in [9.17, 15) is 14.7 Å². The van der Waals surface area contributed by atoms with Crippen molar-refractivity contribution in [3.8, 4) is 5.75 Å². The molecule has 5 aliphatic carbocycles. The minimum Gasteiger partial charge on any atom is -0.493 e. The first kappa shape index (κ1) is 22.4. The van der Waals surface area contributed by atoms with E-state index in [-0.39, 0.29) is 11.0 Å². The van der Waals surface area contributed by atoms with E-state index in [0.717, 1.165) is 36.2 Å². The lowest BCUT2D eigenvalue weighted by Gasteiger charge is -2.56. The predicted octanol–water partition coefficient (Wildman–Crippen LogP) is 5.62. The first-order valence-electron chi connectivity index (χ1n) is 13.1. The van der Waals surface area contributed by atoms with E-state index in [1.54, 1.807) is 6.07 Å². The van der Waals surface area contributed by atoms with Crippen molar-refractivity contribution >= 4 is 11.9 Å². The Morgan fingerprint density at radius 1 is 1.09 bits per heavy atom. The fourth-order valence-electron chi connectivity index (χ4n) is 8.21. The van der Waals surface area contributed by atoms with Crippen molar-refractivity contribution in [2.75, 3.05) is 13.2 Å². The van der Waals surface area contributed by atoms with Gasteiger partial charge in [-0.3, -0.25) is 4.79 Å². The lowest BCUT2D eigenvalue weighted by atomic mass is 9.50. The fraction of sp³-hybridized carbons (Fsp3) is 0.714. The molecule has 1 aliphatic heterocycles. The summed E-state index contributed by atoms with van der Waals surface area (Å²) in [5.74, 6) is 1.22. The van der Waals surface area contributed by atoms with Crippen molar-refractivity contribution in [3.63, 3.8) is 0 Å². The number of likely N-dealkylation sites (tertiary alicyclic amines) is 1. The minimum atomic E-state index is -1.03. The molecule has 1 atom stereocenters. The molecule has 0 radical (unpaired) electrons. The Balaban J connectivity index is 1.25. The molecule has 5 nitrogen and oxygen atoms in total. The van der Waals surface area contributed by atoms with Crippen molar-refractivity contribution in [2.24, 2.45) is 28.6 Å². The Bertz CT molecular complexity index is 994. The summed E-state index contributed by atoms with van der Waals surface area (Å²) >= 11 is 0. The lowest BCUT2D eigenvalue weighted by Crippen LogP contribution is -2.48. The van der Waals surface area contributed by atoms with Crippen LogP contribution in [0.5, 0.6) is 5.75 Å². The van der Waals surface area contributed by atoms with Gasteiger partial charge >= 0.3 is 5.97 Å². The van der Waals surface area contributed by atoms with Gasteiger partial charge in [0.2, 0.25) is 0 Å². The molecule has 1 saturated heterocycles. The van der Waals surface area contributed by atoms with Gasteiger partial charge in [-0.25, -0.2) is 9.18 Å². The summed E-state index contributed by atoms with van der Waals surface area (Å²) in [4.78, 5) is 26.6. The summed E-state index contributed by atoms with van der Waals surface area (Å²) in [5, 5.41) is 9.76. The number of hydrogen-bond acceptors (Lipinski definition) is 3. The van der Waals surface area contributed by atoms with Crippen molar-refractivity contribution < 1.29 is 23.8 Å². The van der Waals surface area contributed by atoms with Crippen molar-refractivity contribution in [1.82, 2.24) is 4.90 Å². The Hall–Kier alpha value is -2.11. The van der Waals surface area contributed by atoms with E-state index in [1.165, 1.54) is 49.5 Å². The molecule has 6 aliphatic rings. The molecule has 5 saturated carbocycles. The van der Waals surface area contributed by atoms with Crippen LogP contribution in [0.1, 0.15) is 93.5 Å². The third kappa shape index (κ3) is 3.72. The topological polar surface area (TPSA) is 66.8 Å². The molecule has 1 heterocycles. The van der Waals surface area contributed by atoms with Crippen molar-refractivity contribution in [1.29, 1.82) is 0 Å². The number of ether oxygens (including phenoxy) is 1. The van der Waals surface area contributed by atoms with E-state index in [0.29, 0.717) is 31.2 Å². The average molecular weight is 470 g/mol. The molecule has 6 heteroatoms. The summed E-state index contributed by atoms with van der Waals surface area (Å²) in [6.45, 7) is 4.68. The third-order valence-electron chi connectivity index (χ3n) is 9.59. The number of nitrogens with zero attached hydrogens (tertiary/aromatic N) is 1. The number of rotatable bonds is 6. The largest absolute Gasteiger partial charge is 0.493 e. The van der Waals surface area contributed by atoms with Gasteiger partial charge in [0.1, 0.15) is 17.6 Å². The zero-order chi connectivity index (χ0) is 23.8. The molecule has 0 spiro atoms. The maximum absolute atomic E-state index is 15.3. The molecule has 0 unspecified atom stereocenters. The summed E-state index contributed by atoms with van der Waals surface area (Å²) in [6.07, 6.45) is 10.4. The third-order valence-corrected chi connectivity index (χ3v) is 9.59. The fourth-order valence-corrected chi connectivity index (χ4v) is 8.21. The second-order valence-corrected chi connectivity index (χ2v) is 12.8. The summed E-state index contributed by atoms with van der Waals surface area (Å²) < 4.78 is 21.7. The minimum absolute atomic E-state index is 0.0204. The van der Waals surface area contributed by atoms with Crippen LogP contribution in [0.2, 0.25) is 0 Å². The lowest BCUT2D eigenvalue weighted by molar-refractivity contribution is -0.144. The van der Waals surface area contributed by atoms with Gasteiger partial charge in [0, 0.05) is 18.0 Å². The second kappa shape index (κ2) is 7.69. The normalized spacial score (nSPS) is 35.6. The molecule has 6 fully saturated rings. The number of halogens is 1. The summed E-state index contributed by atoms with van der Waals surface area (Å²) in [7, 11) is 0. The average Bonchev–Trinajstić information content (AvgIpc) is 3.53. The van der Waals surface area contributed by atoms with Gasteiger partial charge < -0.3 is 14.7 Å². The standard InChI is InChI=1S/C28H36FNO4/c1-27(2)5-6-30(24(27)26(32)33)25(31)21-10-20(19-3-4-19)23(11-22(21)29)34-15-28-12-16-7-17(13-28)9-18(8-16)14-28/h10-11,16-19,24H,3-9,12-15H2,1-2H3,(H,32,33)/t16?,17?,18?,24-,28?/m1/s1. The molecule has 7 rings (SSSR count). The molecule has 1 aromatic rings. The molecule has 1 amide bonds. The molecule has 34 heavy (non-hydrogen) atoms. The van der Waals surface area contributed by atoms with Crippen LogP contribution in [0.15, 0.2) is 12.1 Å². The van der Waals surface area contributed by atoms with Crippen molar-refractivity contribution in [3.05, 3.63) is 29.1 Å². The highest BCUT2D eigenvalue weighted by Gasteiger charge is 2.51. The highest BCUT2D eigenvalue weighted by molar-refractivity contribution is 5.98. The number of amides is 1. The Labute approximate surface area is 201 Å². The van der Waals surface area contributed by atoms with Gasteiger partial charge in [-0.15, -0.1) is 0 Å². The van der Waals surface area contributed by atoms with E-state index in [2.05, 4.69) is 0 Å². The summed E-state index contributed by atoms with van der Waals surface area (Å²) in [6, 6.07) is 2.11. The van der Waals surface area contributed by atoms with Crippen LogP contribution in [0.3, 0.4) is 0 Å². The molecule has 4 bridgehead atoms. The second-order valence-electron chi connectivity index (χ2n) is 12.8. The maximum Gasteiger partial charge on any atom is 0.326 e. The quantitative estimate of drug-likeness (QED) is 0.587. The first-order valence-corrected chi connectivity index (χ1v) is 13.1. The zero-order valence-electron chi connectivity index (χ0n) is 20.3. The van der Waals surface area contributed by atoms with Crippen LogP contribution in [-0.2, 0) is 4.79 Å². The van der Waals surface area contributed by atoms with E-state index in [4.69, 9.17) is 4.74 Å². The molecule has 184 valence electrons. The molecular formula is C28H36FNO4. The van der Waals surface area contributed by atoms with Crippen LogP contribution in [-0.4, -0.2) is 41.1 Å². The van der Waals surface area contributed by atoms with Crippen LogP contribution >= 0.6 is 0 Å². The van der Waals surface area contributed by atoms with Gasteiger partial charge in [0.15, 0.2) is 0 Å². The van der Waals surface area contributed by atoms with E-state index >= 15 is 4.39 Å². The molecule has 0 aromatic heterocycles. The molecular weight excluding hydrogens is 433 g/mol. The van der Waals surface area contributed by atoms with Crippen LogP contribution in [0.25, 0.3) is 0 Å². The van der Waals surface area contributed by atoms with E-state index < -0.39 is 29.2 Å². The van der Waals surface area contributed by atoms with Crippen LogP contribution in [0.4, 0.5) is 4.39 Å². The van der Waals surface area contributed by atoms with Gasteiger partial charge in [-0.2, -0.15) is 0 Å². The Kier molecular flexibility index (Phi) is 5.06. The van der Waals surface area contributed by atoms with E-state index in [1.807, 2.05) is 13.8 Å². The maximum atomic E-state index is 15.3. The van der Waals surface area contributed by atoms with Gasteiger partial charge in [0.05, 0.1) is 12.2 Å². The predicted molar refractivity (Wildman–Crippen MR) is 125 cm³/mol. The molecule has 1 aromatic carbocycles. The smallest absolute Gasteiger partial charge is 0.326 e. The van der Waals surface area contributed by atoms with Gasteiger partial charge in [-0.05, 0) is 98.5 Å².